The summed E-state index contributed by atoms with van der Waals surface area (Å²) in [5.74, 6) is -0.00790. The Kier molecular flexibility index (Phi) is 3.45. The molecule has 0 aliphatic heterocycles. The number of hydrogen-bond acceptors (Lipinski definition) is 3. The van der Waals surface area contributed by atoms with Gasteiger partial charge < -0.3 is 9.88 Å². The smallest absolute Gasteiger partial charge is 0.240 e. The predicted molar refractivity (Wildman–Crippen MR) is 75.0 cm³/mol. The Morgan fingerprint density at radius 3 is 3.00 bits per heavy atom. The number of amides is 1. The Labute approximate surface area is 116 Å². The van der Waals surface area contributed by atoms with Crippen molar-refractivity contribution in [3.8, 4) is 0 Å². The van der Waals surface area contributed by atoms with Crippen LogP contribution in [-0.4, -0.2) is 31.8 Å². The second kappa shape index (κ2) is 5.56. The molecule has 0 aliphatic rings. The van der Waals surface area contributed by atoms with Gasteiger partial charge in [-0.25, -0.2) is 4.98 Å². The van der Waals surface area contributed by atoms with Crippen LogP contribution in [-0.2, 0) is 17.9 Å². The summed E-state index contributed by atoms with van der Waals surface area (Å²) in [6, 6.07) is 10.0. The van der Waals surface area contributed by atoms with E-state index in [0.717, 1.165) is 10.9 Å². The monoisotopic (exact) mass is 269 g/mol. The Balaban J connectivity index is 1.56. The van der Waals surface area contributed by atoms with Gasteiger partial charge in [0.15, 0.2) is 0 Å². The van der Waals surface area contributed by atoms with Gasteiger partial charge >= 0.3 is 0 Å². The number of aromatic nitrogens is 4. The van der Waals surface area contributed by atoms with Gasteiger partial charge in [-0.3, -0.25) is 9.48 Å². The summed E-state index contributed by atoms with van der Waals surface area (Å²) in [7, 11) is 0. The average molecular weight is 269 g/mol. The second-order valence-electron chi connectivity index (χ2n) is 4.51. The normalized spacial score (nSPS) is 10.8. The van der Waals surface area contributed by atoms with E-state index in [-0.39, 0.29) is 5.91 Å². The maximum atomic E-state index is 11.9. The van der Waals surface area contributed by atoms with Crippen LogP contribution in [0.3, 0.4) is 0 Å². The Bertz CT molecular complexity index is 701. The molecule has 20 heavy (non-hydrogen) atoms. The van der Waals surface area contributed by atoms with Crippen molar-refractivity contribution in [1.29, 1.82) is 0 Å². The summed E-state index contributed by atoms with van der Waals surface area (Å²) in [5.41, 5.74) is 1.07. The lowest BCUT2D eigenvalue weighted by molar-refractivity contribution is -0.121. The van der Waals surface area contributed by atoms with Crippen molar-refractivity contribution in [2.24, 2.45) is 0 Å². The molecule has 0 atom stereocenters. The number of nitrogens with one attached hydrogen (secondary N) is 1. The molecule has 0 radical (unpaired) electrons. The lowest BCUT2D eigenvalue weighted by Crippen LogP contribution is -2.30. The standard InChI is InChI=1S/C14H15N5O/c20-14(16-6-8-19-11-15-10-17-19)9-18-7-5-12-3-1-2-4-13(12)18/h1-5,7,10-11H,6,8-9H2,(H,16,20). The van der Waals surface area contributed by atoms with Crippen LogP contribution in [0.4, 0.5) is 0 Å². The number of carbonyl (C=O) groups is 1. The minimum atomic E-state index is -0.00790. The van der Waals surface area contributed by atoms with Gasteiger partial charge in [-0.15, -0.1) is 0 Å². The topological polar surface area (TPSA) is 64.7 Å². The van der Waals surface area contributed by atoms with Crippen LogP contribution in [0.1, 0.15) is 0 Å². The Morgan fingerprint density at radius 1 is 1.25 bits per heavy atom. The lowest BCUT2D eigenvalue weighted by Gasteiger charge is -2.07. The molecular formula is C14H15N5O. The van der Waals surface area contributed by atoms with Gasteiger partial charge in [0.25, 0.3) is 0 Å². The molecule has 1 amide bonds. The molecule has 0 saturated carbocycles. The van der Waals surface area contributed by atoms with E-state index < -0.39 is 0 Å². The number of fused-ring (bicyclic) bond motifs is 1. The fourth-order valence-corrected chi connectivity index (χ4v) is 2.15. The third-order valence-electron chi connectivity index (χ3n) is 3.12. The zero-order valence-corrected chi connectivity index (χ0v) is 10.9. The molecule has 0 aliphatic carbocycles. The number of benzene rings is 1. The van der Waals surface area contributed by atoms with Crippen molar-refractivity contribution in [1.82, 2.24) is 24.6 Å². The van der Waals surface area contributed by atoms with Crippen LogP contribution >= 0.6 is 0 Å². The first-order valence-corrected chi connectivity index (χ1v) is 6.46. The SMILES string of the molecule is O=C(Cn1ccc2ccccc21)NCCn1cncn1. The molecule has 3 rings (SSSR count). The molecule has 102 valence electrons. The first-order chi connectivity index (χ1) is 9.83. The first kappa shape index (κ1) is 12.4. The van der Waals surface area contributed by atoms with Gasteiger partial charge in [-0.1, -0.05) is 18.2 Å². The molecule has 3 aromatic rings. The summed E-state index contributed by atoms with van der Waals surface area (Å²) in [6.45, 7) is 1.49. The van der Waals surface area contributed by atoms with E-state index in [1.807, 2.05) is 41.1 Å². The number of nitrogens with zero attached hydrogens (tertiary/aromatic N) is 4. The molecule has 2 aromatic heterocycles. The predicted octanol–water partition coefficient (Wildman–Crippen LogP) is 1.05. The second-order valence-corrected chi connectivity index (χ2v) is 4.51. The molecule has 0 unspecified atom stereocenters. The quantitative estimate of drug-likeness (QED) is 0.753. The average Bonchev–Trinajstić information content (AvgIpc) is 3.09. The molecule has 6 heteroatoms. The minimum absolute atomic E-state index is 0.00790. The molecular weight excluding hydrogens is 254 g/mol. The third-order valence-corrected chi connectivity index (χ3v) is 3.12. The fraction of sp³-hybridized carbons (Fsp3) is 0.214. The maximum Gasteiger partial charge on any atom is 0.240 e. The molecule has 0 spiro atoms. The van der Waals surface area contributed by atoms with Crippen LogP contribution in [0.5, 0.6) is 0 Å². The molecule has 1 aromatic carbocycles. The molecule has 2 heterocycles. The van der Waals surface area contributed by atoms with Gasteiger partial charge in [0, 0.05) is 18.3 Å². The summed E-state index contributed by atoms with van der Waals surface area (Å²) in [5, 5.41) is 8.00. The Morgan fingerprint density at radius 2 is 2.15 bits per heavy atom. The molecule has 1 N–H and O–H groups in total. The molecule has 0 fully saturated rings. The van der Waals surface area contributed by atoms with Crippen molar-refractivity contribution in [2.45, 2.75) is 13.1 Å². The molecule has 6 nitrogen and oxygen atoms in total. The summed E-state index contributed by atoms with van der Waals surface area (Å²) < 4.78 is 3.63. The van der Waals surface area contributed by atoms with Crippen molar-refractivity contribution in [3.05, 3.63) is 49.2 Å². The van der Waals surface area contributed by atoms with E-state index in [0.29, 0.717) is 19.6 Å². The van der Waals surface area contributed by atoms with Gasteiger partial charge in [-0.05, 0) is 17.5 Å². The molecule has 0 bridgehead atoms. The van der Waals surface area contributed by atoms with Crippen molar-refractivity contribution < 1.29 is 4.79 Å². The maximum absolute atomic E-state index is 11.9. The van der Waals surface area contributed by atoms with Crippen LogP contribution in [0.2, 0.25) is 0 Å². The molecule has 0 saturated heterocycles. The highest BCUT2D eigenvalue weighted by atomic mass is 16.1. The highest BCUT2D eigenvalue weighted by Gasteiger charge is 2.05. The fourth-order valence-electron chi connectivity index (χ4n) is 2.15. The van der Waals surface area contributed by atoms with Gasteiger partial charge in [0.05, 0.1) is 6.54 Å². The highest BCUT2D eigenvalue weighted by molar-refractivity contribution is 5.83. The van der Waals surface area contributed by atoms with E-state index in [4.69, 9.17) is 0 Å². The number of carbonyl (C=O) groups excluding carboxylic acids is 1. The van der Waals surface area contributed by atoms with Gasteiger partial charge in [0.2, 0.25) is 5.91 Å². The van der Waals surface area contributed by atoms with Gasteiger partial charge in [0.1, 0.15) is 19.2 Å². The summed E-state index contributed by atoms with van der Waals surface area (Å²) >= 11 is 0. The van der Waals surface area contributed by atoms with E-state index in [1.54, 1.807) is 11.0 Å². The van der Waals surface area contributed by atoms with Crippen molar-refractivity contribution >= 4 is 16.8 Å². The highest BCUT2D eigenvalue weighted by Crippen LogP contribution is 2.14. The zero-order valence-electron chi connectivity index (χ0n) is 10.9. The Hall–Kier alpha value is -2.63. The number of para-hydroxylation sites is 1. The zero-order chi connectivity index (χ0) is 13.8. The van der Waals surface area contributed by atoms with E-state index in [9.17, 15) is 4.79 Å². The summed E-state index contributed by atoms with van der Waals surface area (Å²) in [4.78, 5) is 15.8. The van der Waals surface area contributed by atoms with Crippen molar-refractivity contribution in [2.75, 3.05) is 6.54 Å². The first-order valence-electron chi connectivity index (χ1n) is 6.46. The number of hydrogen-bond donors (Lipinski definition) is 1. The minimum Gasteiger partial charge on any atom is -0.353 e. The largest absolute Gasteiger partial charge is 0.353 e. The van der Waals surface area contributed by atoms with E-state index in [1.165, 1.54) is 6.33 Å². The third kappa shape index (κ3) is 2.69. The summed E-state index contributed by atoms with van der Waals surface area (Å²) in [6.07, 6.45) is 5.04. The number of rotatable bonds is 5. The van der Waals surface area contributed by atoms with E-state index >= 15 is 0 Å². The van der Waals surface area contributed by atoms with Crippen molar-refractivity contribution in [3.63, 3.8) is 0 Å². The van der Waals surface area contributed by atoms with Crippen LogP contribution < -0.4 is 5.32 Å². The van der Waals surface area contributed by atoms with Gasteiger partial charge in [-0.2, -0.15) is 5.10 Å². The van der Waals surface area contributed by atoms with Crippen LogP contribution in [0, 0.1) is 0 Å². The van der Waals surface area contributed by atoms with E-state index in [2.05, 4.69) is 15.4 Å². The van der Waals surface area contributed by atoms with Crippen LogP contribution in [0.15, 0.2) is 49.2 Å². The lowest BCUT2D eigenvalue weighted by atomic mass is 10.2. The van der Waals surface area contributed by atoms with Crippen LogP contribution in [0.25, 0.3) is 10.9 Å².